The zero-order valence-electron chi connectivity index (χ0n) is 12.6. The van der Waals surface area contributed by atoms with Gasteiger partial charge in [0.25, 0.3) is 0 Å². The number of phenolic OH excluding ortho intramolecular Hbond substituents is 2. The van der Waals surface area contributed by atoms with E-state index in [0.717, 1.165) is 24.0 Å². The van der Waals surface area contributed by atoms with Crippen LogP contribution in [0.3, 0.4) is 0 Å². The molecule has 0 radical (unpaired) electrons. The van der Waals surface area contributed by atoms with E-state index >= 15 is 0 Å². The maximum absolute atomic E-state index is 10.1. The van der Waals surface area contributed by atoms with Gasteiger partial charge in [0.15, 0.2) is 0 Å². The summed E-state index contributed by atoms with van der Waals surface area (Å²) in [6, 6.07) is 13.4. The van der Waals surface area contributed by atoms with E-state index in [2.05, 4.69) is 18.2 Å². The van der Waals surface area contributed by atoms with E-state index in [4.69, 9.17) is 0 Å². The van der Waals surface area contributed by atoms with Gasteiger partial charge in [-0.2, -0.15) is 0 Å². The van der Waals surface area contributed by atoms with Gasteiger partial charge in [0.05, 0.1) is 0 Å². The molecule has 21 heavy (non-hydrogen) atoms. The minimum Gasteiger partial charge on any atom is -0.508 e. The maximum Gasteiger partial charge on any atom is 0.123 e. The van der Waals surface area contributed by atoms with Gasteiger partial charge in [-0.05, 0) is 50.3 Å². The van der Waals surface area contributed by atoms with Gasteiger partial charge in [0, 0.05) is 11.6 Å². The largest absolute Gasteiger partial charge is 0.508 e. The Morgan fingerprint density at radius 2 is 1.71 bits per heavy atom. The molecule has 0 aliphatic carbocycles. The van der Waals surface area contributed by atoms with Crippen molar-refractivity contribution in [2.24, 2.45) is 0 Å². The molecule has 0 aliphatic heterocycles. The lowest BCUT2D eigenvalue weighted by molar-refractivity contribution is 0.445. The fourth-order valence-corrected chi connectivity index (χ4v) is 2.39. The van der Waals surface area contributed by atoms with Crippen LogP contribution < -0.4 is 0 Å². The summed E-state index contributed by atoms with van der Waals surface area (Å²) < 4.78 is 0. The summed E-state index contributed by atoms with van der Waals surface area (Å²) in [5.74, 6) is 0.298. The van der Waals surface area contributed by atoms with Crippen LogP contribution in [-0.4, -0.2) is 10.2 Å². The topological polar surface area (TPSA) is 40.5 Å². The minimum absolute atomic E-state index is 0.122. The Kier molecular flexibility index (Phi) is 5.04. The summed E-state index contributed by atoms with van der Waals surface area (Å²) in [4.78, 5) is 0. The molecule has 2 N–H and O–H groups in total. The molecule has 0 saturated carbocycles. The molecule has 2 heteroatoms. The molecule has 2 rings (SSSR count). The second kappa shape index (κ2) is 6.98. The van der Waals surface area contributed by atoms with Gasteiger partial charge in [-0.3, -0.25) is 0 Å². The van der Waals surface area contributed by atoms with Crippen molar-refractivity contribution in [3.05, 3.63) is 70.8 Å². The number of allylic oxidation sites excluding steroid dienone is 2. The normalized spacial score (nSPS) is 10.4. The summed E-state index contributed by atoms with van der Waals surface area (Å²) in [7, 11) is 0. The smallest absolute Gasteiger partial charge is 0.123 e. The third-order valence-corrected chi connectivity index (χ3v) is 3.54. The highest BCUT2D eigenvalue weighted by Gasteiger charge is 2.09. The first-order chi connectivity index (χ1) is 10.1. The monoisotopic (exact) mass is 282 g/mol. The van der Waals surface area contributed by atoms with Crippen LogP contribution in [0.2, 0.25) is 0 Å². The van der Waals surface area contributed by atoms with E-state index in [9.17, 15) is 10.2 Å². The van der Waals surface area contributed by atoms with Crippen molar-refractivity contribution >= 4 is 0 Å². The zero-order valence-corrected chi connectivity index (χ0v) is 12.6. The second-order valence-electron chi connectivity index (χ2n) is 5.57. The van der Waals surface area contributed by atoms with E-state index in [0.29, 0.717) is 6.42 Å². The van der Waals surface area contributed by atoms with Crippen LogP contribution in [0.15, 0.2) is 54.1 Å². The average molecular weight is 282 g/mol. The highest BCUT2D eigenvalue weighted by molar-refractivity contribution is 5.46. The van der Waals surface area contributed by atoms with E-state index in [1.54, 1.807) is 6.07 Å². The fourth-order valence-electron chi connectivity index (χ4n) is 2.39. The van der Waals surface area contributed by atoms with Crippen molar-refractivity contribution in [3.63, 3.8) is 0 Å². The first kappa shape index (κ1) is 15.2. The van der Waals surface area contributed by atoms with Crippen molar-refractivity contribution in [1.82, 2.24) is 0 Å². The van der Waals surface area contributed by atoms with Crippen LogP contribution in [0.25, 0.3) is 0 Å². The van der Waals surface area contributed by atoms with Crippen LogP contribution in [0.5, 0.6) is 11.5 Å². The van der Waals surface area contributed by atoms with Crippen LogP contribution in [0.4, 0.5) is 0 Å². The van der Waals surface area contributed by atoms with Gasteiger partial charge in [-0.15, -0.1) is 0 Å². The number of aromatic hydroxyl groups is 2. The van der Waals surface area contributed by atoms with Crippen LogP contribution >= 0.6 is 0 Å². The Labute approximate surface area is 126 Å². The molecule has 0 unspecified atom stereocenters. The summed E-state index contributed by atoms with van der Waals surface area (Å²) in [6.45, 7) is 4.09. The summed E-state index contributed by atoms with van der Waals surface area (Å²) >= 11 is 0. The van der Waals surface area contributed by atoms with Gasteiger partial charge in [-0.1, -0.05) is 42.0 Å². The van der Waals surface area contributed by atoms with Crippen molar-refractivity contribution in [1.29, 1.82) is 0 Å². The van der Waals surface area contributed by atoms with Crippen molar-refractivity contribution in [2.75, 3.05) is 0 Å². The number of hydrogen-bond donors (Lipinski definition) is 2. The lowest BCUT2D eigenvalue weighted by Crippen LogP contribution is -1.97. The van der Waals surface area contributed by atoms with Crippen LogP contribution in [0.1, 0.15) is 30.5 Å². The van der Waals surface area contributed by atoms with Crippen molar-refractivity contribution in [3.8, 4) is 11.5 Å². The van der Waals surface area contributed by atoms with E-state index in [-0.39, 0.29) is 11.5 Å². The number of hydrogen-bond acceptors (Lipinski definition) is 2. The third-order valence-electron chi connectivity index (χ3n) is 3.54. The molecular weight excluding hydrogens is 260 g/mol. The second-order valence-corrected chi connectivity index (χ2v) is 5.57. The molecule has 0 saturated heterocycles. The molecule has 0 atom stereocenters. The lowest BCUT2D eigenvalue weighted by atomic mass is 9.96. The maximum atomic E-state index is 10.1. The first-order valence-electron chi connectivity index (χ1n) is 7.27. The van der Waals surface area contributed by atoms with E-state index in [1.165, 1.54) is 17.2 Å². The summed E-state index contributed by atoms with van der Waals surface area (Å²) in [5.41, 5.74) is 4.39. The standard InChI is InChI=1S/C19H22O2/c1-14(2)8-11-18-16(12-17(20)13-19(18)21)10-9-15-6-4-3-5-7-15/h3-8,12-13,20-21H,9-11H2,1-2H3. The Morgan fingerprint density at radius 1 is 1.00 bits per heavy atom. The molecule has 0 spiro atoms. The fraction of sp³-hybridized carbons (Fsp3) is 0.263. The van der Waals surface area contributed by atoms with Gasteiger partial charge < -0.3 is 10.2 Å². The lowest BCUT2D eigenvalue weighted by Gasteiger charge is -2.11. The zero-order chi connectivity index (χ0) is 15.2. The van der Waals surface area contributed by atoms with Gasteiger partial charge in [-0.25, -0.2) is 0 Å². The molecule has 0 heterocycles. The molecule has 2 aromatic rings. The van der Waals surface area contributed by atoms with Crippen LogP contribution in [-0.2, 0) is 19.3 Å². The number of benzene rings is 2. The summed E-state index contributed by atoms with van der Waals surface area (Å²) in [5, 5.41) is 19.8. The van der Waals surface area contributed by atoms with Crippen LogP contribution in [0, 0.1) is 0 Å². The van der Waals surface area contributed by atoms with E-state index < -0.39 is 0 Å². The minimum atomic E-state index is 0.122. The molecule has 110 valence electrons. The Hall–Kier alpha value is -2.22. The average Bonchev–Trinajstić information content (AvgIpc) is 2.44. The Balaban J connectivity index is 2.22. The Morgan fingerprint density at radius 3 is 2.38 bits per heavy atom. The molecule has 0 bridgehead atoms. The molecule has 2 aromatic carbocycles. The first-order valence-corrected chi connectivity index (χ1v) is 7.27. The van der Waals surface area contributed by atoms with Gasteiger partial charge in [0.2, 0.25) is 0 Å². The molecule has 0 aromatic heterocycles. The number of rotatable bonds is 5. The molecule has 0 aliphatic rings. The van der Waals surface area contributed by atoms with Crippen molar-refractivity contribution in [2.45, 2.75) is 33.1 Å². The molecule has 0 fully saturated rings. The van der Waals surface area contributed by atoms with Gasteiger partial charge >= 0.3 is 0 Å². The highest BCUT2D eigenvalue weighted by atomic mass is 16.3. The van der Waals surface area contributed by atoms with Gasteiger partial charge in [0.1, 0.15) is 11.5 Å². The third kappa shape index (κ3) is 4.38. The van der Waals surface area contributed by atoms with Crippen molar-refractivity contribution < 1.29 is 10.2 Å². The molecule has 2 nitrogen and oxygen atoms in total. The Bertz CT molecular complexity index is 624. The van der Waals surface area contributed by atoms with E-state index in [1.807, 2.05) is 32.0 Å². The molecule has 0 amide bonds. The highest BCUT2D eigenvalue weighted by Crippen LogP contribution is 2.29. The summed E-state index contributed by atoms with van der Waals surface area (Å²) in [6.07, 6.45) is 4.49. The SMILES string of the molecule is CC(C)=CCc1c(O)cc(O)cc1CCc1ccccc1. The predicted octanol–water partition coefficient (Wildman–Crippen LogP) is 4.39. The number of phenols is 2. The molecular formula is C19H22O2. The quantitative estimate of drug-likeness (QED) is 0.798. The number of aryl methyl sites for hydroxylation is 2. The predicted molar refractivity (Wildman–Crippen MR) is 86.8 cm³/mol.